The number of imidazole rings is 1. The average molecular weight is 302 g/mol. The van der Waals surface area contributed by atoms with Gasteiger partial charge < -0.3 is 15.1 Å². The van der Waals surface area contributed by atoms with E-state index in [1.54, 1.807) is 6.20 Å². The summed E-state index contributed by atoms with van der Waals surface area (Å²) in [4.78, 5) is 6.79. The Kier molecular flexibility index (Phi) is 3.82. The molecule has 0 aromatic carbocycles. The van der Waals surface area contributed by atoms with E-state index in [2.05, 4.69) is 31.5 Å². The minimum atomic E-state index is 0.768. The van der Waals surface area contributed by atoms with Crippen molar-refractivity contribution in [2.75, 3.05) is 49.7 Å². The van der Waals surface area contributed by atoms with E-state index < -0.39 is 0 Å². The number of piperidine rings is 1. The highest BCUT2D eigenvalue weighted by molar-refractivity contribution is 5.71. The highest BCUT2D eigenvalue weighted by Crippen LogP contribution is 2.24. The lowest BCUT2D eigenvalue weighted by atomic mass is 10.2. The lowest BCUT2D eigenvalue weighted by Crippen LogP contribution is -2.37. The summed E-state index contributed by atoms with van der Waals surface area (Å²) in [7, 11) is 0. The zero-order valence-corrected chi connectivity index (χ0v) is 12.7. The number of hydrogen-bond donors (Lipinski definition) is 1. The molecule has 0 amide bonds. The van der Waals surface area contributed by atoms with E-state index >= 15 is 0 Å². The lowest BCUT2D eigenvalue weighted by molar-refractivity contribution is 0.123. The number of nitrogens with one attached hydrogen (secondary N) is 1. The van der Waals surface area contributed by atoms with Gasteiger partial charge in [-0.2, -0.15) is 0 Å². The number of ether oxygens (including phenoxy) is 1. The molecule has 2 fully saturated rings. The SMILES string of the molecule is c1cn2nc(NN3CCCCC3)cc(N3CCOCC3)c2n1. The van der Waals surface area contributed by atoms with Gasteiger partial charge in [0.05, 0.1) is 18.9 Å². The molecule has 0 spiro atoms. The summed E-state index contributed by atoms with van der Waals surface area (Å²) < 4.78 is 7.32. The molecule has 2 aliphatic heterocycles. The first-order chi connectivity index (χ1) is 10.9. The van der Waals surface area contributed by atoms with Crippen LogP contribution in [0.4, 0.5) is 11.5 Å². The summed E-state index contributed by atoms with van der Waals surface area (Å²) >= 11 is 0. The van der Waals surface area contributed by atoms with Crippen LogP contribution in [0, 0.1) is 0 Å². The molecule has 0 saturated carbocycles. The van der Waals surface area contributed by atoms with Crippen LogP contribution in [0.25, 0.3) is 5.65 Å². The number of aromatic nitrogens is 3. The minimum absolute atomic E-state index is 0.768. The van der Waals surface area contributed by atoms with Crippen LogP contribution in [0.5, 0.6) is 0 Å². The molecular weight excluding hydrogens is 280 g/mol. The Balaban J connectivity index is 1.63. The quantitative estimate of drug-likeness (QED) is 0.924. The topological polar surface area (TPSA) is 57.9 Å². The molecule has 2 aromatic rings. The Morgan fingerprint density at radius 1 is 1.05 bits per heavy atom. The Bertz CT molecular complexity index is 630. The number of anilines is 2. The van der Waals surface area contributed by atoms with Crippen molar-refractivity contribution in [2.45, 2.75) is 19.3 Å². The van der Waals surface area contributed by atoms with E-state index in [1.807, 2.05) is 10.7 Å². The fourth-order valence-electron chi connectivity index (χ4n) is 3.16. The van der Waals surface area contributed by atoms with Crippen molar-refractivity contribution in [3.63, 3.8) is 0 Å². The Hall–Kier alpha value is -1.86. The standard InChI is InChI=1S/C15H22N6O/c1-2-5-20(6-3-1)17-14-12-13(19-8-10-22-11-9-19)15-16-4-7-21(15)18-14/h4,7,12H,1-3,5-6,8-11H2,(H,17,18). The number of hydrogen-bond acceptors (Lipinski definition) is 6. The molecule has 0 aliphatic carbocycles. The molecule has 2 saturated heterocycles. The van der Waals surface area contributed by atoms with Crippen LogP contribution >= 0.6 is 0 Å². The van der Waals surface area contributed by atoms with Gasteiger partial charge in [0.1, 0.15) is 0 Å². The Morgan fingerprint density at radius 3 is 2.68 bits per heavy atom. The summed E-state index contributed by atoms with van der Waals surface area (Å²) in [5.74, 6) is 0.883. The Morgan fingerprint density at radius 2 is 1.86 bits per heavy atom. The van der Waals surface area contributed by atoms with E-state index in [4.69, 9.17) is 4.74 Å². The molecule has 0 radical (unpaired) electrons. The second-order valence-electron chi connectivity index (χ2n) is 5.87. The third kappa shape index (κ3) is 2.74. The third-order valence-corrected chi connectivity index (χ3v) is 4.32. The largest absolute Gasteiger partial charge is 0.378 e. The van der Waals surface area contributed by atoms with Gasteiger partial charge in [-0.05, 0) is 12.8 Å². The minimum Gasteiger partial charge on any atom is -0.378 e. The van der Waals surface area contributed by atoms with Crippen molar-refractivity contribution in [3.8, 4) is 0 Å². The molecule has 2 aromatic heterocycles. The molecule has 118 valence electrons. The fourth-order valence-corrected chi connectivity index (χ4v) is 3.16. The summed E-state index contributed by atoms with van der Waals surface area (Å²) in [5, 5.41) is 6.89. The van der Waals surface area contributed by atoms with Gasteiger partial charge in [-0.1, -0.05) is 6.42 Å². The monoisotopic (exact) mass is 302 g/mol. The van der Waals surface area contributed by atoms with Crippen LogP contribution in [-0.2, 0) is 4.74 Å². The van der Waals surface area contributed by atoms with Gasteiger partial charge in [0.2, 0.25) is 0 Å². The zero-order valence-electron chi connectivity index (χ0n) is 12.7. The fraction of sp³-hybridized carbons (Fsp3) is 0.600. The van der Waals surface area contributed by atoms with Crippen LogP contribution in [0.3, 0.4) is 0 Å². The number of fused-ring (bicyclic) bond motifs is 1. The van der Waals surface area contributed by atoms with Crippen molar-refractivity contribution in [1.82, 2.24) is 19.6 Å². The first-order valence-corrected chi connectivity index (χ1v) is 8.09. The number of hydrazine groups is 1. The van der Waals surface area contributed by atoms with Gasteiger partial charge in [0, 0.05) is 44.6 Å². The molecule has 4 rings (SSSR count). The van der Waals surface area contributed by atoms with Gasteiger partial charge in [0.25, 0.3) is 0 Å². The summed E-state index contributed by atoms with van der Waals surface area (Å²) in [5.41, 5.74) is 5.49. The smallest absolute Gasteiger partial charge is 0.177 e. The summed E-state index contributed by atoms with van der Waals surface area (Å²) in [6.45, 7) is 5.49. The van der Waals surface area contributed by atoms with E-state index in [0.717, 1.165) is 56.5 Å². The van der Waals surface area contributed by atoms with Crippen LogP contribution in [-0.4, -0.2) is 59.0 Å². The van der Waals surface area contributed by atoms with Crippen LogP contribution in [0.2, 0.25) is 0 Å². The molecule has 0 atom stereocenters. The molecule has 0 unspecified atom stereocenters. The van der Waals surface area contributed by atoms with Gasteiger partial charge >= 0.3 is 0 Å². The highest BCUT2D eigenvalue weighted by Gasteiger charge is 2.18. The van der Waals surface area contributed by atoms with Crippen molar-refractivity contribution in [1.29, 1.82) is 0 Å². The first-order valence-electron chi connectivity index (χ1n) is 8.09. The molecule has 2 aliphatic rings. The second kappa shape index (κ2) is 6.10. The Labute approximate surface area is 129 Å². The summed E-state index contributed by atoms with van der Waals surface area (Å²) in [6.07, 6.45) is 7.52. The maximum Gasteiger partial charge on any atom is 0.177 e. The van der Waals surface area contributed by atoms with E-state index in [-0.39, 0.29) is 0 Å². The van der Waals surface area contributed by atoms with E-state index in [0.29, 0.717) is 0 Å². The molecule has 0 bridgehead atoms. The van der Waals surface area contributed by atoms with Gasteiger partial charge in [-0.3, -0.25) is 0 Å². The van der Waals surface area contributed by atoms with Crippen molar-refractivity contribution in [2.24, 2.45) is 0 Å². The number of morpholine rings is 1. The molecule has 7 nitrogen and oxygen atoms in total. The first kappa shape index (κ1) is 13.8. The van der Waals surface area contributed by atoms with Crippen molar-refractivity contribution < 1.29 is 4.74 Å². The average Bonchev–Trinajstić information content (AvgIpc) is 3.04. The second-order valence-corrected chi connectivity index (χ2v) is 5.87. The van der Waals surface area contributed by atoms with Crippen molar-refractivity contribution >= 4 is 17.2 Å². The van der Waals surface area contributed by atoms with Crippen LogP contribution < -0.4 is 10.3 Å². The molecule has 1 N–H and O–H groups in total. The predicted molar refractivity (Wildman–Crippen MR) is 85.1 cm³/mol. The van der Waals surface area contributed by atoms with Gasteiger partial charge in [-0.25, -0.2) is 14.5 Å². The predicted octanol–water partition coefficient (Wildman–Crippen LogP) is 1.38. The third-order valence-electron chi connectivity index (χ3n) is 4.32. The van der Waals surface area contributed by atoms with Crippen LogP contribution in [0.15, 0.2) is 18.5 Å². The number of nitrogens with zero attached hydrogens (tertiary/aromatic N) is 5. The van der Waals surface area contributed by atoms with Crippen LogP contribution in [0.1, 0.15) is 19.3 Å². The lowest BCUT2D eigenvalue weighted by Gasteiger charge is -2.30. The van der Waals surface area contributed by atoms with E-state index in [1.165, 1.54) is 19.3 Å². The zero-order chi connectivity index (χ0) is 14.8. The molecule has 22 heavy (non-hydrogen) atoms. The highest BCUT2D eigenvalue weighted by atomic mass is 16.5. The normalized spacial score (nSPS) is 20.5. The summed E-state index contributed by atoms with van der Waals surface area (Å²) in [6, 6.07) is 2.11. The van der Waals surface area contributed by atoms with E-state index in [9.17, 15) is 0 Å². The maximum absolute atomic E-state index is 5.46. The van der Waals surface area contributed by atoms with Gasteiger partial charge in [0.15, 0.2) is 11.5 Å². The number of rotatable bonds is 3. The van der Waals surface area contributed by atoms with Gasteiger partial charge in [-0.15, -0.1) is 5.10 Å². The molecule has 4 heterocycles. The molecular formula is C15H22N6O. The maximum atomic E-state index is 5.46. The molecule has 7 heteroatoms. The van der Waals surface area contributed by atoms with Crippen molar-refractivity contribution in [3.05, 3.63) is 18.5 Å².